The lowest BCUT2D eigenvalue weighted by atomic mass is 10.3. The van der Waals surface area contributed by atoms with Gasteiger partial charge in [0, 0.05) is 25.4 Å². The number of carbonyl (C=O) groups excluding carboxylic acids is 1. The van der Waals surface area contributed by atoms with E-state index in [1.807, 2.05) is 11.6 Å². The highest BCUT2D eigenvalue weighted by Gasteiger charge is 2.08. The maximum atomic E-state index is 11.9. The molecule has 104 valence electrons. The normalized spacial score (nSPS) is 9.90. The summed E-state index contributed by atoms with van der Waals surface area (Å²) < 4.78 is 1.83. The van der Waals surface area contributed by atoms with E-state index in [-0.39, 0.29) is 5.91 Å². The summed E-state index contributed by atoms with van der Waals surface area (Å²) in [5, 5.41) is 12.4. The van der Waals surface area contributed by atoms with E-state index >= 15 is 0 Å². The highest BCUT2D eigenvalue weighted by molar-refractivity contribution is 7.10. The van der Waals surface area contributed by atoms with Crippen LogP contribution in [0.15, 0.2) is 17.8 Å². The molecule has 0 aromatic carbocycles. The third kappa shape index (κ3) is 3.66. The molecule has 0 aliphatic rings. The van der Waals surface area contributed by atoms with Crippen molar-refractivity contribution < 1.29 is 4.79 Å². The fourth-order valence-electron chi connectivity index (χ4n) is 1.58. The summed E-state index contributed by atoms with van der Waals surface area (Å²) in [5.41, 5.74) is 5.93. The van der Waals surface area contributed by atoms with E-state index < -0.39 is 0 Å². The van der Waals surface area contributed by atoms with Crippen molar-refractivity contribution in [1.29, 1.82) is 0 Å². The molecule has 0 radical (unpaired) electrons. The number of aromatic nitrogens is 3. The zero-order valence-corrected chi connectivity index (χ0v) is 11.9. The minimum atomic E-state index is -0.107. The van der Waals surface area contributed by atoms with Gasteiger partial charge in [-0.3, -0.25) is 4.79 Å². The second-order valence-electron chi connectivity index (χ2n) is 4.07. The quantitative estimate of drug-likeness (QED) is 0.785. The molecule has 3 N–H and O–H groups in total. The summed E-state index contributed by atoms with van der Waals surface area (Å²) in [6.45, 7) is 0.835. The Morgan fingerprint density at radius 3 is 3.15 bits per heavy atom. The van der Waals surface area contributed by atoms with Gasteiger partial charge in [-0.25, -0.2) is 0 Å². The molecule has 0 saturated carbocycles. The fraction of sp³-hybridized carbons (Fsp3) is 0.308. The SMILES string of the molecule is Cn1cnnc1CCNC(=O)c1csc(C#CCN)c1. The first-order valence-corrected chi connectivity index (χ1v) is 6.97. The van der Waals surface area contributed by atoms with Crippen molar-refractivity contribution in [3.05, 3.63) is 34.0 Å². The number of hydrogen-bond donors (Lipinski definition) is 2. The number of rotatable bonds is 4. The number of aryl methyl sites for hydroxylation is 1. The van der Waals surface area contributed by atoms with Crippen LogP contribution < -0.4 is 11.1 Å². The monoisotopic (exact) mass is 289 g/mol. The van der Waals surface area contributed by atoms with Crippen LogP contribution in [0.25, 0.3) is 0 Å². The number of amides is 1. The van der Waals surface area contributed by atoms with Gasteiger partial charge in [0.25, 0.3) is 5.91 Å². The van der Waals surface area contributed by atoms with Gasteiger partial charge in [0.2, 0.25) is 0 Å². The van der Waals surface area contributed by atoms with Gasteiger partial charge in [0.15, 0.2) is 0 Å². The van der Waals surface area contributed by atoms with Crippen LogP contribution in [-0.2, 0) is 13.5 Å². The summed E-state index contributed by atoms with van der Waals surface area (Å²) in [4.78, 5) is 12.8. The third-order valence-corrected chi connectivity index (χ3v) is 3.46. The van der Waals surface area contributed by atoms with Crippen LogP contribution in [0, 0.1) is 11.8 Å². The van der Waals surface area contributed by atoms with Gasteiger partial charge in [0.05, 0.1) is 17.0 Å². The number of carbonyl (C=O) groups is 1. The van der Waals surface area contributed by atoms with Crippen LogP contribution in [-0.4, -0.2) is 33.8 Å². The average Bonchev–Trinajstić information content (AvgIpc) is 3.06. The molecule has 7 heteroatoms. The molecule has 2 heterocycles. The Morgan fingerprint density at radius 1 is 1.60 bits per heavy atom. The van der Waals surface area contributed by atoms with Gasteiger partial charge in [-0.2, -0.15) is 0 Å². The number of nitrogens with two attached hydrogens (primary N) is 1. The van der Waals surface area contributed by atoms with Gasteiger partial charge >= 0.3 is 0 Å². The summed E-state index contributed by atoms with van der Waals surface area (Å²) in [6, 6.07) is 1.77. The Hall–Kier alpha value is -2.17. The van der Waals surface area contributed by atoms with E-state index in [2.05, 4.69) is 27.4 Å². The lowest BCUT2D eigenvalue weighted by Gasteiger charge is -2.03. The van der Waals surface area contributed by atoms with Crippen LogP contribution in [0.3, 0.4) is 0 Å². The molecule has 0 aliphatic carbocycles. The number of nitrogens with one attached hydrogen (secondary N) is 1. The largest absolute Gasteiger partial charge is 0.352 e. The second kappa shape index (κ2) is 6.84. The molecule has 20 heavy (non-hydrogen) atoms. The molecular weight excluding hydrogens is 274 g/mol. The molecule has 0 spiro atoms. The van der Waals surface area contributed by atoms with Gasteiger partial charge in [-0.15, -0.1) is 21.5 Å². The summed E-state index contributed by atoms with van der Waals surface area (Å²) in [6.07, 6.45) is 2.28. The lowest BCUT2D eigenvalue weighted by molar-refractivity contribution is 0.0954. The van der Waals surface area contributed by atoms with Gasteiger partial charge in [-0.05, 0) is 6.07 Å². The van der Waals surface area contributed by atoms with Crippen LogP contribution >= 0.6 is 11.3 Å². The van der Waals surface area contributed by atoms with E-state index in [0.717, 1.165) is 10.7 Å². The number of thiophene rings is 1. The Bertz CT molecular complexity index is 649. The maximum Gasteiger partial charge on any atom is 0.252 e. The van der Waals surface area contributed by atoms with Crippen molar-refractivity contribution in [2.75, 3.05) is 13.1 Å². The zero-order chi connectivity index (χ0) is 14.4. The minimum absolute atomic E-state index is 0.107. The van der Waals surface area contributed by atoms with Crippen LogP contribution in [0.5, 0.6) is 0 Å². The highest BCUT2D eigenvalue weighted by atomic mass is 32.1. The van der Waals surface area contributed by atoms with Crippen molar-refractivity contribution in [3.8, 4) is 11.8 Å². The Labute approximate surface area is 121 Å². The summed E-state index contributed by atoms with van der Waals surface area (Å²) in [7, 11) is 1.87. The van der Waals surface area contributed by atoms with Gasteiger partial charge in [-0.1, -0.05) is 11.8 Å². The van der Waals surface area contributed by atoms with Gasteiger partial charge < -0.3 is 15.6 Å². The molecule has 6 nitrogen and oxygen atoms in total. The van der Waals surface area contributed by atoms with E-state index in [9.17, 15) is 4.79 Å². The van der Waals surface area contributed by atoms with Crippen molar-refractivity contribution >= 4 is 17.2 Å². The van der Waals surface area contributed by atoms with Crippen LogP contribution in [0.1, 0.15) is 21.1 Å². The first-order chi connectivity index (χ1) is 9.70. The molecule has 0 saturated heterocycles. The minimum Gasteiger partial charge on any atom is -0.352 e. The third-order valence-electron chi connectivity index (χ3n) is 2.61. The van der Waals surface area contributed by atoms with E-state index in [1.54, 1.807) is 17.8 Å². The average molecular weight is 289 g/mol. The summed E-state index contributed by atoms with van der Waals surface area (Å²) >= 11 is 1.44. The van der Waals surface area contributed by atoms with E-state index in [0.29, 0.717) is 25.1 Å². The molecule has 0 bridgehead atoms. The molecule has 0 fully saturated rings. The zero-order valence-electron chi connectivity index (χ0n) is 11.1. The molecule has 2 aromatic heterocycles. The Balaban J connectivity index is 1.86. The number of hydrogen-bond acceptors (Lipinski definition) is 5. The molecule has 1 amide bonds. The first-order valence-electron chi connectivity index (χ1n) is 6.09. The highest BCUT2D eigenvalue weighted by Crippen LogP contribution is 2.13. The summed E-state index contributed by atoms with van der Waals surface area (Å²) in [5.74, 6) is 6.40. The van der Waals surface area contributed by atoms with Crippen LogP contribution in [0.2, 0.25) is 0 Å². The molecule has 0 atom stereocenters. The Morgan fingerprint density at radius 2 is 2.45 bits per heavy atom. The molecule has 0 aliphatic heterocycles. The van der Waals surface area contributed by atoms with Crippen molar-refractivity contribution in [3.63, 3.8) is 0 Å². The van der Waals surface area contributed by atoms with Crippen LogP contribution in [0.4, 0.5) is 0 Å². The Kier molecular flexibility index (Phi) is 4.87. The van der Waals surface area contributed by atoms with Crippen molar-refractivity contribution in [1.82, 2.24) is 20.1 Å². The maximum absolute atomic E-state index is 11.9. The molecule has 2 rings (SSSR count). The topological polar surface area (TPSA) is 85.8 Å². The van der Waals surface area contributed by atoms with Crippen molar-refractivity contribution in [2.45, 2.75) is 6.42 Å². The van der Waals surface area contributed by atoms with E-state index in [4.69, 9.17) is 5.73 Å². The lowest BCUT2D eigenvalue weighted by Crippen LogP contribution is -2.25. The van der Waals surface area contributed by atoms with E-state index in [1.165, 1.54) is 11.3 Å². The second-order valence-corrected chi connectivity index (χ2v) is 4.98. The van der Waals surface area contributed by atoms with Crippen molar-refractivity contribution in [2.24, 2.45) is 12.8 Å². The fourth-order valence-corrected chi connectivity index (χ4v) is 2.34. The predicted molar refractivity (Wildman–Crippen MR) is 77.3 cm³/mol. The number of nitrogens with zero attached hydrogens (tertiary/aromatic N) is 3. The first kappa shape index (κ1) is 14.2. The van der Waals surface area contributed by atoms with Gasteiger partial charge in [0.1, 0.15) is 12.2 Å². The smallest absolute Gasteiger partial charge is 0.252 e. The molecular formula is C13H15N5OS. The molecule has 0 unspecified atom stereocenters. The molecule has 2 aromatic rings. The predicted octanol–water partition coefficient (Wildman–Crippen LogP) is 0.159. The standard InChI is InChI=1S/C13H15N5OS/c1-18-9-16-17-12(18)4-6-15-13(19)10-7-11(20-8-10)3-2-5-14/h7-9H,4-6,14H2,1H3,(H,15,19).